The van der Waals surface area contributed by atoms with Gasteiger partial charge in [-0.3, -0.25) is 0 Å². The third-order valence-corrected chi connectivity index (χ3v) is 2.24. The van der Waals surface area contributed by atoms with E-state index >= 15 is 0 Å². The lowest BCUT2D eigenvalue weighted by molar-refractivity contribution is -0.132. The van der Waals surface area contributed by atoms with E-state index in [4.69, 9.17) is 10.8 Å². The molecule has 0 fully saturated rings. The monoisotopic (exact) mass is 277 g/mol. The Hall–Kier alpha value is -1.43. The van der Waals surface area contributed by atoms with Crippen molar-refractivity contribution in [1.29, 1.82) is 0 Å². The van der Waals surface area contributed by atoms with Crippen LogP contribution in [0.4, 0.5) is 8.78 Å². The SMILES string of the molecule is N/C(=C/c1c(F)ccc(Br)c1F)C(=O)O. The summed E-state index contributed by atoms with van der Waals surface area (Å²) in [4.78, 5) is 10.4. The third kappa shape index (κ3) is 2.53. The van der Waals surface area contributed by atoms with Gasteiger partial charge in [0.05, 0.1) is 4.47 Å². The van der Waals surface area contributed by atoms with Gasteiger partial charge in [0.25, 0.3) is 0 Å². The lowest BCUT2D eigenvalue weighted by atomic mass is 10.1. The molecule has 0 bridgehead atoms. The van der Waals surface area contributed by atoms with Crippen LogP contribution in [-0.4, -0.2) is 11.1 Å². The molecule has 1 aromatic carbocycles. The molecule has 1 aromatic rings. The van der Waals surface area contributed by atoms with Gasteiger partial charge in [-0.2, -0.15) is 0 Å². The quantitative estimate of drug-likeness (QED) is 0.643. The summed E-state index contributed by atoms with van der Waals surface area (Å²) in [6.45, 7) is 0. The van der Waals surface area contributed by atoms with Crippen LogP contribution in [0.25, 0.3) is 6.08 Å². The van der Waals surface area contributed by atoms with Gasteiger partial charge in [0, 0.05) is 5.56 Å². The smallest absolute Gasteiger partial charge is 0.351 e. The van der Waals surface area contributed by atoms with Gasteiger partial charge in [-0.1, -0.05) is 0 Å². The molecule has 0 aliphatic heterocycles. The standard InChI is InChI=1S/C9H6BrF2NO2/c10-5-1-2-6(11)4(8(5)12)3-7(13)9(14)15/h1-3H,13H2,(H,14,15)/b7-3+. The van der Waals surface area contributed by atoms with Gasteiger partial charge in [-0.15, -0.1) is 0 Å². The second kappa shape index (κ2) is 4.39. The van der Waals surface area contributed by atoms with Crippen LogP contribution in [0.3, 0.4) is 0 Å². The van der Waals surface area contributed by atoms with E-state index in [2.05, 4.69) is 15.9 Å². The van der Waals surface area contributed by atoms with E-state index < -0.39 is 28.9 Å². The molecule has 3 nitrogen and oxygen atoms in total. The van der Waals surface area contributed by atoms with Crippen molar-refractivity contribution in [3.63, 3.8) is 0 Å². The van der Waals surface area contributed by atoms with Crippen LogP contribution in [0.5, 0.6) is 0 Å². The highest BCUT2D eigenvalue weighted by atomic mass is 79.9. The van der Waals surface area contributed by atoms with Crippen molar-refractivity contribution in [3.8, 4) is 0 Å². The molecule has 0 aliphatic carbocycles. The summed E-state index contributed by atoms with van der Waals surface area (Å²) in [5.41, 5.74) is 3.93. The highest BCUT2D eigenvalue weighted by molar-refractivity contribution is 9.10. The summed E-state index contributed by atoms with van der Waals surface area (Å²) in [6.07, 6.45) is 0.734. The molecule has 6 heteroatoms. The van der Waals surface area contributed by atoms with Crippen LogP contribution in [-0.2, 0) is 4.79 Å². The van der Waals surface area contributed by atoms with E-state index in [1.165, 1.54) is 6.07 Å². The Morgan fingerprint density at radius 3 is 2.60 bits per heavy atom. The predicted molar refractivity (Wildman–Crippen MR) is 53.9 cm³/mol. The third-order valence-electron chi connectivity index (χ3n) is 1.63. The molecule has 0 saturated carbocycles. The fraction of sp³-hybridized carbons (Fsp3) is 0. The van der Waals surface area contributed by atoms with Gasteiger partial charge in [0.2, 0.25) is 0 Å². The molecule has 0 radical (unpaired) electrons. The predicted octanol–water partition coefficient (Wildman–Crippen LogP) is 2.11. The number of carbonyl (C=O) groups is 1. The van der Waals surface area contributed by atoms with E-state index in [1.54, 1.807) is 0 Å². The number of nitrogens with two attached hydrogens (primary N) is 1. The lowest BCUT2D eigenvalue weighted by Crippen LogP contribution is -2.10. The maximum Gasteiger partial charge on any atom is 0.351 e. The van der Waals surface area contributed by atoms with Crippen LogP contribution in [0.1, 0.15) is 5.56 Å². The zero-order chi connectivity index (χ0) is 11.6. The average Bonchev–Trinajstić information content (AvgIpc) is 2.18. The second-order valence-corrected chi connectivity index (χ2v) is 3.52. The van der Waals surface area contributed by atoms with Crippen molar-refractivity contribution in [2.45, 2.75) is 0 Å². The molecule has 15 heavy (non-hydrogen) atoms. The Bertz CT molecular complexity index is 446. The van der Waals surface area contributed by atoms with Crippen LogP contribution in [0.15, 0.2) is 22.3 Å². The molecule has 0 amide bonds. The molecule has 3 N–H and O–H groups in total. The highest BCUT2D eigenvalue weighted by Gasteiger charge is 2.12. The molecule has 0 saturated heterocycles. The van der Waals surface area contributed by atoms with Gasteiger partial charge in [0.15, 0.2) is 0 Å². The summed E-state index contributed by atoms with van der Waals surface area (Å²) in [5.74, 6) is -3.20. The number of benzene rings is 1. The van der Waals surface area contributed by atoms with Gasteiger partial charge in [-0.25, -0.2) is 13.6 Å². The second-order valence-electron chi connectivity index (χ2n) is 2.66. The van der Waals surface area contributed by atoms with Crippen molar-refractivity contribution < 1.29 is 18.7 Å². The molecule has 0 spiro atoms. The minimum atomic E-state index is -1.44. The van der Waals surface area contributed by atoms with Crippen molar-refractivity contribution >= 4 is 28.0 Å². The number of rotatable bonds is 2. The molecule has 0 heterocycles. The molecular weight excluding hydrogens is 272 g/mol. The number of hydrogen-bond acceptors (Lipinski definition) is 2. The summed E-state index contributed by atoms with van der Waals surface area (Å²) in [5, 5.41) is 8.44. The van der Waals surface area contributed by atoms with E-state index in [1.807, 2.05) is 0 Å². The molecule has 0 unspecified atom stereocenters. The van der Waals surface area contributed by atoms with E-state index in [0.717, 1.165) is 12.1 Å². The Morgan fingerprint density at radius 1 is 1.47 bits per heavy atom. The Labute approximate surface area is 92.3 Å². The molecule has 1 rings (SSSR count). The Kier molecular flexibility index (Phi) is 3.41. The van der Waals surface area contributed by atoms with Crippen LogP contribution in [0.2, 0.25) is 0 Å². The molecular formula is C9H6BrF2NO2. The molecule has 80 valence electrons. The van der Waals surface area contributed by atoms with Crippen LogP contribution >= 0.6 is 15.9 Å². The van der Waals surface area contributed by atoms with Crippen molar-refractivity contribution in [3.05, 3.63) is 39.5 Å². The van der Waals surface area contributed by atoms with Crippen molar-refractivity contribution in [2.24, 2.45) is 5.73 Å². The first kappa shape index (κ1) is 11.6. The summed E-state index contributed by atoms with van der Waals surface area (Å²) in [7, 11) is 0. The van der Waals surface area contributed by atoms with Gasteiger partial charge < -0.3 is 10.8 Å². The number of carboxylic acid groups (broad SMARTS) is 1. The van der Waals surface area contributed by atoms with E-state index in [9.17, 15) is 13.6 Å². The largest absolute Gasteiger partial charge is 0.477 e. The Balaban J connectivity index is 3.32. The number of hydrogen-bond donors (Lipinski definition) is 2. The summed E-state index contributed by atoms with van der Waals surface area (Å²) in [6, 6.07) is 2.19. The summed E-state index contributed by atoms with van der Waals surface area (Å²) >= 11 is 2.85. The minimum absolute atomic E-state index is 0.0355. The van der Waals surface area contributed by atoms with E-state index in [-0.39, 0.29) is 4.47 Å². The van der Waals surface area contributed by atoms with Gasteiger partial charge >= 0.3 is 5.97 Å². The van der Waals surface area contributed by atoms with Crippen molar-refractivity contribution in [1.82, 2.24) is 0 Å². The lowest BCUT2D eigenvalue weighted by Gasteiger charge is -2.02. The zero-order valence-corrected chi connectivity index (χ0v) is 8.88. The van der Waals surface area contributed by atoms with Crippen LogP contribution in [0, 0.1) is 11.6 Å². The minimum Gasteiger partial charge on any atom is -0.477 e. The average molecular weight is 278 g/mol. The van der Waals surface area contributed by atoms with Gasteiger partial charge in [0.1, 0.15) is 17.3 Å². The maximum absolute atomic E-state index is 13.3. The topological polar surface area (TPSA) is 63.3 Å². The Morgan fingerprint density at radius 2 is 2.07 bits per heavy atom. The van der Waals surface area contributed by atoms with E-state index in [0.29, 0.717) is 0 Å². The first-order valence-corrected chi connectivity index (χ1v) is 4.56. The first-order valence-electron chi connectivity index (χ1n) is 3.77. The highest BCUT2D eigenvalue weighted by Crippen LogP contribution is 2.23. The fourth-order valence-corrected chi connectivity index (χ4v) is 1.24. The molecule has 0 atom stereocenters. The number of halogens is 3. The maximum atomic E-state index is 13.3. The molecule has 0 aliphatic rings. The number of aliphatic carboxylic acids is 1. The van der Waals surface area contributed by atoms with Crippen molar-refractivity contribution in [2.75, 3.05) is 0 Å². The first-order chi connectivity index (χ1) is 6.93. The number of carboxylic acids is 1. The zero-order valence-electron chi connectivity index (χ0n) is 7.30. The fourth-order valence-electron chi connectivity index (χ4n) is 0.892. The molecule has 0 aromatic heterocycles. The summed E-state index contributed by atoms with van der Waals surface area (Å²) < 4.78 is 26.4. The normalized spacial score (nSPS) is 11.5. The van der Waals surface area contributed by atoms with Gasteiger partial charge in [-0.05, 0) is 34.1 Å². The van der Waals surface area contributed by atoms with Crippen LogP contribution < -0.4 is 5.73 Å².